The number of rotatable bonds is 13. The first-order chi connectivity index (χ1) is 16.8. The van der Waals surface area contributed by atoms with E-state index in [4.69, 9.17) is 19.3 Å². The topological polar surface area (TPSA) is 135 Å². The molecule has 10 nitrogen and oxygen atoms in total. The van der Waals surface area contributed by atoms with Crippen molar-refractivity contribution in [1.29, 1.82) is 0 Å². The number of amides is 2. The zero-order valence-corrected chi connectivity index (χ0v) is 22.3. The predicted molar refractivity (Wildman–Crippen MR) is 137 cm³/mol. The molecule has 1 aromatic carbocycles. The van der Waals surface area contributed by atoms with Crippen LogP contribution in [0.2, 0.25) is 0 Å². The second kappa shape index (κ2) is 14.4. The average Bonchev–Trinajstić information content (AvgIpc) is 2.85. The average molecular weight is 604 g/mol. The molecule has 0 radical (unpaired) electrons. The number of hydrogen-bond donors (Lipinski definition) is 3. The molecule has 0 saturated carbocycles. The monoisotopic (exact) mass is 604 g/mol. The summed E-state index contributed by atoms with van der Waals surface area (Å²) < 4.78 is 17.3. The lowest BCUT2D eigenvalue weighted by Crippen LogP contribution is -2.55. The second-order valence-electron chi connectivity index (χ2n) is 8.00. The van der Waals surface area contributed by atoms with Crippen molar-refractivity contribution in [3.8, 4) is 11.5 Å². The van der Waals surface area contributed by atoms with Crippen molar-refractivity contribution in [3.63, 3.8) is 0 Å². The number of aliphatic hydroxyl groups is 2. The molecule has 3 N–H and O–H groups in total. The van der Waals surface area contributed by atoms with E-state index in [1.165, 1.54) is 31.3 Å². The number of carbonyl (C=O) groups is 3. The van der Waals surface area contributed by atoms with Gasteiger partial charge < -0.3 is 34.6 Å². The minimum absolute atomic E-state index is 0.0654. The minimum atomic E-state index is -1.16. The van der Waals surface area contributed by atoms with E-state index in [1.807, 2.05) is 29.5 Å². The Labute approximate surface area is 218 Å². The molecule has 1 aliphatic rings. The number of hydrogen-bond acceptors (Lipinski definition) is 8. The molecule has 1 aromatic rings. The highest BCUT2D eigenvalue weighted by Gasteiger charge is 2.40. The smallest absolute Gasteiger partial charge is 0.247 e. The molecule has 1 aliphatic carbocycles. The molecule has 2 amide bonds. The summed E-state index contributed by atoms with van der Waals surface area (Å²) in [7, 11) is 2.96. The van der Waals surface area contributed by atoms with Gasteiger partial charge in [-0.2, -0.15) is 0 Å². The normalized spacial score (nSPS) is 19.5. The van der Waals surface area contributed by atoms with Crippen molar-refractivity contribution in [2.75, 3.05) is 40.5 Å². The van der Waals surface area contributed by atoms with Crippen molar-refractivity contribution in [1.82, 2.24) is 10.2 Å². The van der Waals surface area contributed by atoms with Gasteiger partial charge in [-0.3, -0.25) is 14.4 Å². The van der Waals surface area contributed by atoms with E-state index in [9.17, 15) is 19.5 Å². The second-order valence-corrected chi connectivity index (χ2v) is 9.16. The Kier molecular flexibility index (Phi) is 11.9. The maximum Gasteiger partial charge on any atom is 0.247 e. The van der Waals surface area contributed by atoms with Crippen LogP contribution in [0.5, 0.6) is 11.5 Å². The fraction of sp³-hybridized carbons (Fsp3) is 0.542. The SMILES string of the molecule is CCCC(=O)N(CCOC)[C@@H]1CC(C(=O)NCCO)=C[C@H](Oc2c(I)cc(C=O)cc2OC)[C@H]1O. The fourth-order valence-electron chi connectivity index (χ4n) is 3.86. The molecule has 0 saturated heterocycles. The Morgan fingerprint density at radius 1 is 1.31 bits per heavy atom. The van der Waals surface area contributed by atoms with Crippen molar-refractivity contribution >= 4 is 40.7 Å². The maximum absolute atomic E-state index is 12.9. The van der Waals surface area contributed by atoms with Gasteiger partial charge in [0.25, 0.3) is 0 Å². The number of nitrogens with zero attached hydrogens (tertiary/aromatic N) is 1. The van der Waals surface area contributed by atoms with Crippen LogP contribution in [0.25, 0.3) is 0 Å². The summed E-state index contributed by atoms with van der Waals surface area (Å²) in [5.74, 6) is 0.0217. The third-order valence-electron chi connectivity index (χ3n) is 5.58. The Balaban J connectivity index is 2.48. The van der Waals surface area contributed by atoms with Crippen LogP contribution in [0, 0.1) is 3.57 Å². The molecule has 0 aliphatic heterocycles. The lowest BCUT2D eigenvalue weighted by Gasteiger charge is -2.40. The van der Waals surface area contributed by atoms with E-state index in [-0.39, 0.29) is 45.1 Å². The van der Waals surface area contributed by atoms with Gasteiger partial charge in [0.1, 0.15) is 18.5 Å². The zero-order valence-electron chi connectivity index (χ0n) is 20.2. The number of halogens is 1. The van der Waals surface area contributed by atoms with Gasteiger partial charge in [-0.15, -0.1) is 0 Å². The number of aldehydes is 1. The molecule has 0 spiro atoms. The number of benzene rings is 1. The van der Waals surface area contributed by atoms with E-state index in [2.05, 4.69) is 5.32 Å². The molecule has 0 fully saturated rings. The molecular formula is C24H33IN2O8. The molecular weight excluding hydrogens is 571 g/mol. The molecule has 0 unspecified atom stereocenters. The van der Waals surface area contributed by atoms with Crippen molar-refractivity contribution in [2.24, 2.45) is 0 Å². The Bertz CT molecular complexity index is 923. The van der Waals surface area contributed by atoms with E-state index in [0.29, 0.717) is 38.9 Å². The maximum atomic E-state index is 12.9. The quantitative estimate of drug-likeness (QED) is 0.227. The van der Waals surface area contributed by atoms with Crippen LogP contribution < -0.4 is 14.8 Å². The molecule has 35 heavy (non-hydrogen) atoms. The number of ether oxygens (including phenoxy) is 3. The number of nitrogens with one attached hydrogen (secondary N) is 1. The largest absolute Gasteiger partial charge is 0.493 e. The lowest BCUT2D eigenvalue weighted by atomic mass is 9.88. The molecule has 194 valence electrons. The number of methoxy groups -OCH3 is 2. The Morgan fingerprint density at radius 3 is 2.66 bits per heavy atom. The van der Waals surface area contributed by atoms with Gasteiger partial charge in [-0.05, 0) is 47.2 Å². The summed E-state index contributed by atoms with van der Waals surface area (Å²) in [4.78, 5) is 38.5. The molecule has 3 atom stereocenters. The van der Waals surface area contributed by atoms with E-state index in [1.54, 1.807) is 6.07 Å². The van der Waals surface area contributed by atoms with Crippen LogP contribution in [-0.4, -0.2) is 92.0 Å². The van der Waals surface area contributed by atoms with E-state index < -0.39 is 24.2 Å². The lowest BCUT2D eigenvalue weighted by molar-refractivity contribution is -0.139. The Hall–Kier alpha value is -2.22. The highest BCUT2D eigenvalue weighted by atomic mass is 127. The number of aliphatic hydroxyl groups excluding tert-OH is 2. The molecule has 0 bridgehead atoms. The summed E-state index contributed by atoms with van der Waals surface area (Å²) in [5, 5.41) is 23.0. The van der Waals surface area contributed by atoms with Crippen LogP contribution in [-0.2, 0) is 14.3 Å². The van der Waals surface area contributed by atoms with Crippen LogP contribution in [0.15, 0.2) is 23.8 Å². The van der Waals surface area contributed by atoms with Gasteiger partial charge in [-0.1, -0.05) is 6.92 Å². The van der Waals surface area contributed by atoms with Crippen molar-refractivity contribution in [3.05, 3.63) is 32.9 Å². The summed E-state index contributed by atoms with van der Waals surface area (Å²) in [6.07, 6.45) is 1.08. The summed E-state index contributed by atoms with van der Waals surface area (Å²) in [6, 6.07) is 2.39. The third-order valence-corrected chi connectivity index (χ3v) is 6.38. The van der Waals surface area contributed by atoms with Crippen LogP contribution in [0.3, 0.4) is 0 Å². The minimum Gasteiger partial charge on any atom is -0.493 e. The van der Waals surface area contributed by atoms with Crippen LogP contribution >= 0.6 is 22.6 Å². The van der Waals surface area contributed by atoms with Gasteiger partial charge in [0.05, 0.1) is 29.9 Å². The molecule has 0 heterocycles. The molecule has 2 rings (SSSR count). The van der Waals surface area contributed by atoms with Gasteiger partial charge in [0.15, 0.2) is 11.5 Å². The standard InChI is InChI=1S/C24H33IN2O8/c1-4-5-21(30)27(7-9-33-2)18-12-16(24(32)26-6-8-28)13-19(22(18)31)35-23-17(25)10-15(14-29)11-20(23)34-3/h10-11,13-14,18-19,22,28,31H,4-9,12H2,1-3H3,(H,26,32)/t18-,19+,22+/m1/s1. The highest BCUT2D eigenvalue weighted by molar-refractivity contribution is 14.1. The predicted octanol–water partition coefficient (Wildman–Crippen LogP) is 1.30. The van der Waals surface area contributed by atoms with E-state index in [0.717, 1.165) is 0 Å². The highest BCUT2D eigenvalue weighted by Crippen LogP contribution is 2.37. The van der Waals surface area contributed by atoms with Gasteiger partial charge in [0.2, 0.25) is 11.8 Å². The summed E-state index contributed by atoms with van der Waals surface area (Å²) >= 11 is 2.00. The Morgan fingerprint density at radius 2 is 2.06 bits per heavy atom. The summed E-state index contributed by atoms with van der Waals surface area (Å²) in [5.41, 5.74) is 0.722. The first-order valence-electron chi connectivity index (χ1n) is 11.4. The van der Waals surface area contributed by atoms with Gasteiger partial charge in [-0.25, -0.2) is 0 Å². The fourth-order valence-corrected chi connectivity index (χ4v) is 4.61. The first-order valence-corrected chi connectivity index (χ1v) is 12.4. The zero-order chi connectivity index (χ0) is 26.0. The van der Waals surface area contributed by atoms with Crippen LogP contribution in [0.1, 0.15) is 36.5 Å². The van der Waals surface area contributed by atoms with Gasteiger partial charge >= 0.3 is 0 Å². The van der Waals surface area contributed by atoms with Crippen LogP contribution in [0.4, 0.5) is 0 Å². The van der Waals surface area contributed by atoms with Gasteiger partial charge in [0, 0.05) is 44.2 Å². The third kappa shape index (κ3) is 7.63. The summed E-state index contributed by atoms with van der Waals surface area (Å²) in [6.45, 7) is 2.23. The molecule has 0 aromatic heterocycles. The first kappa shape index (κ1) is 29.0. The number of carbonyl (C=O) groups excluding carboxylic acids is 3. The van der Waals surface area contributed by atoms with Crippen molar-refractivity contribution in [2.45, 2.75) is 44.4 Å². The van der Waals surface area contributed by atoms with Crippen molar-refractivity contribution < 1.29 is 38.8 Å². The molecule has 11 heteroatoms. The van der Waals surface area contributed by atoms with E-state index >= 15 is 0 Å².